The summed E-state index contributed by atoms with van der Waals surface area (Å²) in [5, 5.41) is 0. The summed E-state index contributed by atoms with van der Waals surface area (Å²) in [6, 6.07) is 0. The molecule has 5 nitrogen and oxygen atoms in total. The van der Waals surface area contributed by atoms with E-state index in [9.17, 15) is 13.2 Å². The third-order valence-electron chi connectivity index (χ3n) is 5.11. The molecule has 3 fully saturated rings. The van der Waals surface area contributed by atoms with Crippen LogP contribution in [0, 0.1) is 16.7 Å². The van der Waals surface area contributed by atoms with Crippen molar-refractivity contribution in [3.05, 3.63) is 0 Å². The minimum absolute atomic E-state index is 0.0810. The van der Waals surface area contributed by atoms with Gasteiger partial charge in [-0.2, -0.15) is 0 Å². The highest BCUT2D eigenvalue weighted by Gasteiger charge is 2.66. The van der Waals surface area contributed by atoms with Gasteiger partial charge >= 0.3 is 0 Å². The maximum atomic E-state index is 12.2. The molecule has 1 unspecified atom stereocenters. The van der Waals surface area contributed by atoms with Crippen molar-refractivity contribution >= 4 is 15.8 Å². The van der Waals surface area contributed by atoms with E-state index in [1.165, 1.54) is 0 Å². The number of hydrogen-bond donors (Lipinski definition) is 0. The van der Waals surface area contributed by atoms with Crippen LogP contribution in [0.5, 0.6) is 0 Å². The second-order valence-electron chi connectivity index (χ2n) is 5.98. The highest BCUT2D eigenvalue weighted by atomic mass is 32.2. The van der Waals surface area contributed by atoms with Gasteiger partial charge in [0.05, 0.1) is 5.75 Å². The molecular weight excluding hydrogens is 242 g/mol. The Morgan fingerprint density at radius 3 is 2.53 bits per heavy atom. The molecule has 0 aromatic carbocycles. The zero-order valence-corrected chi connectivity index (χ0v) is 10.9. The Morgan fingerprint density at radius 2 is 2.12 bits per heavy atom. The van der Waals surface area contributed by atoms with Crippen LogP contribution in [-0.4, -0.2) is 31.2 Å². The molecule has 1 aliphatic heterocycles. The van der Waals surface area contributed by atoms with Gasteiger partial charge in [-0.15, -0.1) is 0 Å². The smallest absolute Gasteiger partial charge is 0.239 e. The van der Waals surface area contributed by atoms with Crippen LogP contribution in [0.2, 0.25) is 0 Å². The van der Waals surface area contributed by atoms with Gasteiger partial charge in [0.15, 0.2) is 6.73 Å². The Kier molecular flexibility index (Phi) is 2.12. The maximum absolute atomic E-state index is 12.2. The van der Waals surface area contributed by atoms with Crippen molar-refractivity contribution < 1.29 is 18.0 Å². The van der Waals surface area contributed by atoms with Gasteiger partial charge in [0, 0.05) is 11.8 Å². The molecule has 96 valence electrons. The Bertz CT molecular complexity index is 480. The summed E-state index contributed by atoms with van der Waals surface area (Å²) in [6.45, 7) is 4.21. The topological polar surface area (TPSA) is 66.8 Å². The molecule has 0 amide bonds. The minimum atomic E-state index is -3.43. The Labute approximate surface area is 101 Å². The second-order valence-corrected chi connectivity index (χ2v) is 7.84. The highest BCUT2D eigenvalue weighted by molar-refractivity contribution is 7.89. The van der Waals surface area contributed by atoms with E-state index in [0.29, 0.717) is 18.8 Å². The molecule has 1 saturated heterocycles. The molecule has 2 bridgehead atoms. The van der Waals surface area contributed by atoms with Gasteiger partial charge in [0.2, 0.25) is 10.0 Å². The van der Waals surface area contributed by atoms with E-state index in [4.69, 9.17) is 4.84 Å². The summed E-state index contributed by atoms with van der Waals surface area (Å²) in [7, 11) is -3.43. The van der Waals surface area contributed by atoms with Crippen LogP contribution in [-0.2, 0) is 19.7 Å². The number of carbonyl (C=O) groups excluding carboxylic acids is 1. The number of carbonyl (C=O) groups is 1. The highest BCUT2D eigenvalue weighted by Crippen LogP contribution is 2.64. The quantitative estimate of drug-likeness (QED) is 0.707. The minimum Gasteiger partial charge on any atom is -0.299 e. The zero-order valence-electron chi connectivity index (χ0n) is 10.1. The molecule has 0 aromatic heterocycles. The van der Waals surface area contributed by atoms with Gasteiger partial charge in [0.1, 0.15) is 5.78 Å². The van der Waals surface area contributed by atoms with Crippen LogP contribution in [0.15, 0.2) is 0 Å². The van der Waals surface area contributed by atoms with Gasteiger partial charge < -0.3 is 0 Å². The fraction of sp³-hybridized carbons (Fsp3) is 0.909. The molecule has 3 rings (SSSR count). The van der Waals surface area contributed by atoms with E-state index >= 15 is 0 Å². The fourth-order valence-electron chi connectivity index (χ4n) is 3.68. The predicted molar refractivity (Wildman–Crippen MR) is 60.1 cm³/mol. The monoisotopic (exact) mass is 259 g/mol. The molecule has 0 spiro atoms. The second kappa shape index (κ2) is 3.10. The number of sulfonamides is 1. The van der Waals surface area contributed by atoms with Crippen molar-refractivity contribution in [2.45, 2.75) is 33.1 Å². The lowest BCUT2D eigenvalue weighted by atomic mass is 9.70. The van der Waals surface area contributed by atoms with Gasteiger partial charge in [-0.25, -0.2) is 8.42 Å². The molecular formula is C11H17NO4S. The van der Waals surface area contributed by atoms with E-state index in [1.54, 1.807) is 0 Å². The molecule has 2 aliphatic carbocycles. The first-order chi connectivity index (χ1) is 7.80. The van der Waals surface area contributed by atoms with Gasteiger partial charge in [0.25, 0.3) is 0 Å². The average Bonchev–Trinajstić information content (AvgIpc) is 2.98. The lowest BCUT2D eigenvalue weighted by Crippen LogP contribution is -2.43. The Morgan fingerprint density at radius 1 is 1.47 bits per heavy atom. The summed E-state index contributed by atoms with van der Waals surface area (Å²) in [5.41, 5.74) is -0.879. The van der Waals surface area contributed by atoms with E-state index in [2.05, 4.69) is 0 Å². The summed E-state index contributed by atoms with van der Waals surface area (Å²) in [5.74, 6) is 0.395. The fourth-order valence-corrected chi connectivity index (χ4v) is 5.49. The average molecular weight is 259 g/mol. The molecule has 17 heavy (non-hydrogen) atoms. The van der Waals surface area contributed by atoms with Gasteiger partial charge in [-0.05, 0) is 24.2 Å². The van der Waals surface area contributed by atoms with Crippen molar-refractivity contribution in [1.82, 2.24) is 4.47 Å². The molecule has 3 aliphatic rings. The molecule has 0 aromatic rings. The number of fused-ring (bicyclic) bond motifs is 2. The van der Waals surface area contributed by atoms with Crippen LogP contribution < -0.4 is 0 Å². The molecule has 1 heterocycles. The van der Waals surface area contributed by atoms with Gasteiger partial charge in [-0.3, -0.25) is 9.63 Å². The Hall–Kier alpha value is -0.460. The first-order valence-corrected chi connectivity index (χ1v) is 7.57. The van der Waals surface area contributed by atoms with E-state index < -0.39 is 15.4 Å². The van der Waals surface area contributed by atoms with Crippen molar-refractivity contribution in [2.75, 3.05) is 12.5 Å². The number of Topliss-reactive ketones (excluding diaryl/α,β-unsaturated/α-hetero) is 1. The van der Waals surface area contributed by atoms with E-state index in [-0.39, 0.29) is 23.7 Å². The number of hydrogen-bond acceptors (Lipinski definition) is 4. The van der Waals surface area contributed by atoms with Crippen molar-refractivity contribution in [3.63, 3.8) is 0 Å². The summed E-state index contributed by atoms with van der Waals surface area (Å²) in [4.78, 5) is 16.9. The number of ketones is 1. The lowest BCUT2D eigenvalue weighted by molar-refractivity contribution is -0.128. The largest absolute Gasteiger partial charge is 0.299 e. The number of hydroxylamine groups is 1. The zero-order chi connectivity index (χ0) is 12.5. The van der Waals surface area contributed by atoms with Crippen LogP contribution in [0.1, 0.15) is 33.1 Å². The van der Waals surface area contributed by atoms with E-state index in [0.717, 1.165) is 10.9 Å². The van der Waals surface area contributed by atoms with Crippen LogP contribution in [0.3, 0.4) is 0 Å². The van der Waals surface area contributed by atoms with Crippen molar-refractivity contribution in [3.8, 4) is 0 Å². The predicted octanol–water partition coefficient (Wildman–Crippen LogP) is 0.916. The van der Waals surface area contributed by atoms with Crippen LogP contribution >= 0.6 is 0 Å². The third kappa shape index (κ3) is 1.37. The standard InChI is InChI=1S/C11H17NO4S/c1-10(2)8-3-4-11(10,9(13)5-8)6-17(14,15)12-7-16-12/h8H,3-7H2,1-2H3/t8-,11-,12?/m1/s1. The SMILES string of the molecule is CC1(C)[C@@H]2CC[C@@]1(CS(=O)(=O)N1CO1)C(=O)C2. The molecule has 3 atom stereocenters. The molecule has 6 heteroatoms. The molecule has 0 N–H and O–H groups in total. The van der Waals surface area contributed by atoms with Crippen LogP contribution in [0.25, 0.3) is 0 Å². The van der Waals surface area contributed by atoms with E-state index in [1.807, 2.05) is 13.8 Å². The Balaban J connectivity index is 1.97. The summed E-state index contributed by atoms with van der Waals surface area (Å²) < 4.78 is 25.0. The summed E-state index contributed by atoms with van der Waals surface area (Å²) in [6.07, 6.45) is 2.22. The first kappa shape index (κ1) is 11.6. The number of rotatable bonds is 3. The van der Waals surface area contributed by atoms with Crippen LogP contribution in [0.4, 0.5) is 0 Å². The van der Waals surface area contributed by atoms with Gasteiger partial charge in [-0.1, -0.05) is 18.3 Å². The summed E-state index contributed by atoms with van der Waals surface area (Å²) >= 11 is 0. The first-order valence-electron chi connectivity index (χ1n) is 5.96. The normalized spacial score (nSPS) is 43.1. The lowest BCUT2D eigenvalue weighted by Gasteiger charge is -2.35. The maximum Gasteiger partial charge on any atom is 0.239 e. The number of nitrogens with zero attached hydrogens (tertiary/aromatic N) is 1. The van der Waals surface area contributed by atoms with Crippen molar-refractivity contribution in [1.29, 1.82) is 0 Å². The molecule has 0 radical (unpaired) electrons. The third-order valence-corrected chi connectivity index (χ3v) is 6.80. The van der Waals surface area contributed by atoms with Crippen molar-refractivity contribution in [2.24, 2.45) is 16.7 Å². The molecule has 2 saturated carbocycles.